The first kappa shape index (κ1) is 24.4. The predicted octanol–water partition coefficient (Wildman–Crippen LogP) is 6.87. The molecule has 0 atom stereocenters. The molecule has 0 aromatic heterocycles. The molecule has 0 aromatic carbocycles. The van der Waals surface area contributed by atoms with Crippen molar-refractivity contribution in [2.75, 3.05) is 5.75 Å². The smallest absolute Gasteiger partial charge is 0.330 e. The molecule has 0 aliphatic carbocycles. The van der Waals surface area contributed by atoms with Gasteiger partial charge in [-0.25, -0.2) is 4.79 Å². The molecule has 0 fully saturated rings. The number of nitrogens with two attached hydrogens (primary N) is 1. The molecule has 0 amide bonds. The van der Waals surface area contributed by atoms with Crippen LogP contribution in [0, 0.1) is 0 Å². The number of hydrogen-bond donors (Lipinski definition) is 2. The van der Waals surface area contributed by atoms with E-state index in [9.17, 15) is 4.79 Å². The Balaban J connectivity index is 3.11. The lowest BCUT2D eigenvalue weighted by molar-refractivity contribution is -0.131. The van der Waals surface area contributed by atoms with E-state index in [1.54, 1.807) is 0 Å². The third-order valence-electron chi connectivity index (χ3n) is 4.53. The van der Waals surface area contributed by atoms with Gasteiger partial charge in [0.25, 0.3) is 0 Å². The number of hydrogen-bond acceptors (Lipinski definition) is 3. The molecule has 3 nitrogen and oxygen atoms in total. The van der Waals surface area contributed by atoms with E-state index in [1.807, 2.05) is 0 Å². The van der Waals surface area contributed by atoms with Crippen molar-refractivity contribution in [1.29, 1.82) is 0 Å². The normalized spacial score (nSPS) is 11.8. The second-order valence-electron chi connectivity index (χ2n) is 7.04. The van der Waals surface area contributed by atoms with E-state index in [0.717, 1.165) is 18.2 Å². The molecular formula is C21H41NO2S. The van der Waals surface area contributed by atoms with Crippen molar-refractivity contribution >= 4 is 17.7 Å². The third kappa shape index (κ3) is 21.3. The fraction of sp³-hybridized carbons (Fsp3) is 0.857. The Kier molecular flexibility index (Phi) is 19.2. The summed E-state index contributed by atoms with van der Waals surface area (Å²) in [5.74, 6) is -0.0365. The van der Waals surface area contributed by atoms with E-state index in [2.05, 4.69) is 6.92 Å². The summed E-state index contributed by atoms with van der Waals surface area (Å²) >= 11 is 1.45. The van der Waals surface area contributed by atoms with E-state index >= 15 is 0 Å². The Morgan fingerprint density at radius 3 is 1.48 bits per heavy atom. The average Bonchev–Trinajstić information content (AvgIpc) is 2.57. The number of carboxylic acids is 1. The van der Waals surface area contributed by atoms with Crippen molar-refractivity contribution in [3.05, 3.63) is 11.1 Å². The molecule has 25 heavy (non-hydrogen) atoms. The minimum atomic E-state index is -0.961. The molecule has 0 unspecified atom stereocenters. The summed E-state index contributed by atoms with van der Waals surface area (Å²) in [7, 11) is 0. The standard InChI is InChI=1S/C21H41NO2S/c1-2-3-4-5-6-7-8-9-10-11-12-13-14-15-16-17-18-25-20(22)19-21(23)24/h19H,2-18,22H2,1H3,(H,23,24). The predicted molar refractivity (Wildman–Crippen MR) is 112 cm³/mol. The monoisotopic (exact) mass is 371 g/mol. The number of rotatable bonds is 19. The maximum Gasteiger partial charge on any atom is 0.330 e. The lowest BCUT2D eigenvalue weighted by atomic mass is 10.0. The topological polar surface area (TPSA) is 63.3 Å². The maximum absolute atomic E-state index is 10.4. The molecule has 0 bridgehead atoms. The maximum atomic E-state index is 10.4. The Morgan fingerprint density at radius 2 is 1.12 bits per heavy atom. The zero-order valence-corrected chi connectivity index (χ0v) is 17.3. The molecule has 0 aromatic rings. The van der Waals surface area contributed by atoms with Crippen LogP contribution in [-0.4, -0.2) is 16.8 Å². The van der Waals surface area contributed by atoms with Gasteiger partial charge >= 0.3 is 5.97 Å². The highest BCUT2D eigenvalue weighted by Gasteiger charge is 1.97. The van der Waals surface area contributed by atoms with Crippen molar-refractivity contribution in [3.63, 3.8) is 0 Å². The lowest BCUT2D eigenvalue weighted by Gasteiger charge is -2.04. The molecule has 0 rings (SSSR count). The van der Waals surface area contributed by atoms with Gasteiger partial charge in [0.05, 0.1) is 11.1 Å². The van der Waals surface area contributed by atoms with Crippen LogP contribution in [0.2, 0.25) is 0 Å². The summed E-state index contributed by atoms with van der Waals surface area (Å²) in [6, 6.07) is 0. The van der Waals surface area contributed by atoms with Gasteiger partial charge in [-0.1, -0.05) is 103 Å². The van der Waals surface area contributed by atoms with Gasteiger partial charge in [0, 0.05) is 0 Å². The zero-order valence-electron chi connectivity index (χ0n) is 16.4. The van der Waals surface area contributed by atoms with Gasteiger partial charge in [-0.05, 0) is 12.2 Å². The van der Waals surface area contributed by atoms with E-state index in [0.29, 0.717) is 5.03 Å². The lowest BCUT2D eigenvalue weighted by Crippen LogP contribution is -1.98. The van der Waals surface area contributed by atoms with E-state index in [1.165, 1.54) is 108 Å². The molecule has 0 saturated carbocycles. The van der Waals surface area contributed by atoms with Crippen LogP contribution >= 0.6 is 11.8 Å². The minimum Gasteiger partial charge on any atom is -0.478 e. The SMILES string of the molecule is CCCCCCCCCCCCCCCCCCSC(N)=CC(=O)O. The zero-order chi connectivity index (χ0) is 18.6. The van der Waals surface area contributed by atoms with Crippen molar-refractivity contribution in [2.24, 2.45) is 5.73 Å². The first-order chi connectivity index (χ1) is 12.2. The van der Waals surface area contributed by atoms with E-state index in [-0.39, 0.29) is 0 Å². The second kappa shape index (κ2) is 19.7. The largest absolute Gasteiger partial charge is 0.478 e. The molecule has 3 N–H and O–H groups in total. The van der Waals surface area contributed by atoms with Gasteiger partial charge in [0.1, 0.15) is 0 Å². The minimum absolute atomic E-state index is 0.411. The third-order valence-corrected chi connectivity index (χ3v) is 5.48. The second-order valence-corrected chi connectivity index (χ2v) is 8.21. The quantitative estimate of drug-likeness (QED) is 0.192. The van der Waals surface area contributed by atoms with E-state index < -0.39 is 5.97 Å². The molecule has 148 valence electrons. The van der Waals surface area contributed by atoms with Gasteiger partial charge in [-0.2, -0.15) is 0 Å². The van der Waals surface area contributed by atoms with Crippen LogP contribution in [0.1, 0.15) is 110 Å². The van der Waals surface area contributed by atoms with Gasteiger partial charge in [0.2, 0.25) is 0 Å². The average molecular weight is 372 g/mol. The summed E-state index contributed by atoms with van der Waals surface area (Å²) < 4.78 is 0. The van der Waals surface area contributed by atoms with Crippen molar-refractivity contribution in [2.45, 2.75) is 110 Å². The summed E-state index contributed by atoms with van der Waals surface area (Å²) in [4.78, 5) is 10.4. The van der Waals surface area contributed by atoms with Crippen molar-refractivity contribution < 1.29 is 9.90 Å². The molecule has 0 spiro atoms. The molecule has 0 aliphatic heterocycles. The van der Waals surface area contributed by atoms with Crippen molar-refractivity contribution in [3.8, 4) is 0 Å². The first-order valence-corrected chi connectivity index (χ1v) is 11.5. The molecule has 0 heterocycles. The molecule has 0 aliphatic rings. The molecule has 4 heteroatoms. The van der Waals surface area contributed by atoms with Gasteiger partial charge < -0.3 is 10.8 Å². The van der Waals surface area contributed by atoms with Crippen LogP contribution in [0.5, 0.6) is 0 Å². The van der Waals surface area contributed by atoms with Crippen LogP contribution in [0.25, 0.3) is 0 Å². The Labute approximate surface area is 160 Å². The van der Waals surface area contributed by atoms with Crippen LogP contribution in [0.4, 0.5) is 0 Å². The van der Waals surface area contributed by atoms with Crippen LogP contribution in [-0.2, 0) is 4.79 Å². The number of unbranched alkanes of at least 4 members (excludes halogenated alkanes) is 15. The van der Waals surface area contributed by atoms with Gasteiger partial charge in [-0.15, -0.1) is 11.8 Å². The van der Waals surface area contributed by atoms with Gasteiger partial charge in [-0.3, -0.25) is 0 Å². The number of carbonyl (C=O) groups is 1. The fourth-order valence-corrected chi connectivity index (χ4v) is 3.77. The van der Waals surface area contributed by atoms with Crippen LogP contribution < -0.4 is 5.73 Å². The highest BCUT2D eigenvalue weighted by atomic mass is 32.2. The van der Waals surface area contributed by atoms with Gasteiger partial charge in [0.15, 0.2) is 0 Å². The summed E-state index contributed by atoms with van der Waals surface area (Å²) in [5, 5.41) is 8.97. The molecule has 0 radical (unpaired) electrons. The Hall–Kier alpha value is -0.640. The van der Waals surface area contributed by atoms with Crippen LogP contribution in [0.15, 0.2) is 11.1 Å². The molecule has 0 saturated heterocycles. The first-order valence-electron chi connectivity index (χ1n) is 10.5. The summed E-state index contributed by atoms with van der Waals surface area (Å²) in [6.07, 6.45) is 23.0. The Morgan fingerprint density at radius 1 is 0.760 bits per heavy atom. The molecular weight excluding hydrogens is 330 g/mol. The van der Waals surface area contributed by atoms with Crippen LogP contribution in [0.3, 0.4) is 0 Å². The highest BCUT2D eigenvalue weighted by Crippen LogP contribution is 2.16. The van der Waals surface area contributed by atoms with E-state index in [4.69, 9.17) is 10.8 Å². The Bertz CT molecular complexity index is 332. The highest BCUT2D eigenvalue weighted by molar-refractivity contribution is 8.03. The number of carboxylic acid groups (broad SMARTS) is 1. The number of thioether (sulfide) groups is 1. The summed E-state index contributed by atoms with van der Waals surface area (Å²) in [6.45, 7) is 2.28. The fourth-order valence-electron chi connectivity index (χ4n) is 3.00. The van der Waals surface area contributed by atoms with Crippen molar-refractivity contribution in [1.82, 2.24) is 0 Å². The summed E-state index contributed by atoms with van der Waals surface area (Å²) in [5.41, 5.74) is 5.58. The number of aliphatic carboxylic acids is 1.